The molecular formula is C23H25N7O2. The van der Waals surface area contributed by atoms with Crippen molar-refractivity contribution in [2.24, 2.45) is 0 Å². The van der Waals surface area contributed by atoms with E-state index in [4.69, 9.17) is 14.7 Å². The van der Waals surface area contributed by atoms with Gasteiger partial charge in [-0.15, -0.1) is 0 Å². The van der Waals surface area contributed by atoms with E-state index in [1.807, 2.05) is 6.07 Å². The highest BCUT2D eigenvalue weighted by Crippen LogP contribution is 2.33. The first-order valence-electron chi connectivity index (χ1n) is 11.0. The molecule has 164 valence electrons. The van der Waals surface area contributed by atoms with Crippen molar-refractivity contribution >= 4 is 22.5 Å². The minimum Gasteiger partial charge on any atom is -0.488 e. The van der Waals surface area contributed by atoms with E-state index < -0.39 is 0 Å². The van der Waals surface area contributed by atoms with Gasteiger partial charge in [0, 0.05) is 49.3 Å². The number of nitriles is 1. The van der Waals surface area contributed by atoms with Crippen LogP contribution in [0.15, 0.2) is 36.9 Å². The first-order chi connectivity index (χ1) is 15.8. The summed E-state index contributed by atoms with van der Waals surface area (Å²) in [6, 6.07) is 8.21. The molecule has 2 aromatic heterocycles. The molecule has 0 spiro atoms. The van der Waals surface area contributed by atoms with Crippen molar-refractivity contribution in [2.45, 2.75) is 37.8 Å². The quantitative estimate of drug-likeness (QED) is 0.652. The normalized spacial score (nSPS) is 21.2. The average Bonchev–Trinajstić information content (AvgIpc) is 2.86. The molecule has 2 aliphatic rings. The Balaban J connectivity index is 1.27. The third kappa shape index (κ3) is 4.55. The lowest BCUT2D eigenvalue weighted by Crippen LogP contribution is -2.36. The van der Waals surface area contributed by atoms with Gasteiger partial charge in [-0.3, -0.25) is 4.98 Å². The minimum absolute atomic E-state index is 0.123. The van der Waals surface area contributed by atoms with E-state index in [0.29, 0.717) is 17.6 Å². The maximum atomic E-state index is 9.02. The summed E-state index contributed by atoms with van der Waals surface area (Å²) >= 11 is 0. The van der Waals surface area contributed by atoms with Crippen LogP contribution in [0.5, 0.6) is 5.75 Å². The van der Waals surface area contributed by atoms with Gasteiger partial charge in [0.05, 0.1) is 24.8 Å². The molecule has 3 aromatic rings. The molecule has 0 atom stereocenters. The summed E-state index contributed by atoms with van der Waals surface area (Å²) in [5.41, 5.74) is 3.12. The van der Waals surface area contributed by atoms with E-state index in [9.17, 15) is 0 Å². The summed E-state index contributed by atoms with van der Waals surface area (Å²) in [7, 11) is 0. The van der Waals surface area contributed by atoms with E-state index in [0.717, 1.165) is 74.5 Å². The van der Waals surface area contributed by atoms with Gasteiger partial charge in [0.1, 0.15) is 35.2 Å². The molecule has 1 aliphatic heterocycles. The topological polar surface area (TPSA) is 109 Å². The van der Waals surface area contributed by atoms with E-state index in [2.05, 4.69) is 42.3 Å². The van der Waals surface area contributed by atoms with E-state index in [1.54, 1.807) is 18.5 Å². The molecule has 32 heavy (non-hydrogen) atoms. The number of fused-ring (bicyclic) bond motifs is 1. The highest BCUT2D eigenvalue weighted by molar-refractivity contribution is 5.85. The van der Waals surface area contributed by atoms with Gasteiger partial charge in [-0.2, -0.15) is 5.26 Å². The van der Waals surface area contributed by atoms with Gasteiger partial charge in [-0.25, -0.2) is 15.0 Å². The molecule has 5 rings (SSSR count). The Hall–Kier alpha value is -3.51. The predicted molar refractivity (Wildman–Crippen MR) is 120 cm³/mol. The fraction of sp³-hybridized carbons (Fsp3) is 0.435. The Kier molecular flexibility index (Phi) is 5.94. The Morgan fingerprint density at radius 2 is 1.81 bits per heavy atom. The lowest BCUT2D eigenvalue weighted by Gasteiger charge is -2.31. The van der Waals surface area contributed by atoms with Crippen LogP contribution in [0.25, 0.3) is 11.0 Å². The Labute approximate surface area is 186 Å². The zero-order valence-electron chi connectivity index (χ0n) is 17.8. The zero-order chi connectivity index (χ0) is 21.8. The van der Waals surface area contributed by atoms with Crippen LogP contribution in [0.1, 0.15) is 31.4 Å². The zero-order valence-corrected chi connectivity index (χ0v) is 17.8. The number of ether oxygens (including phenoxy) is 2. The van der Waals surface area contributed by atoms with Crippen molar-refractivity contribution in [1.29, 1.82) is 5.26 Å². The Bertz CT molecular complexity index is 1120. The van der Waals surface area contributed by atoms with Crippen LogP contribution in [0.3, 0.4) is 0 Å². The fourth-order valence-electron chi connectivity index (χ4n) is 4.33. The van der Waals surface area contributed by atoms with Gasteiger partial charge < -0.3 is 19.7 Å². The monoisotopic (exact) mass is 431 g/mol. The molecule has 1 aliphatic carbocycles. The first-order valence-corrected chi connectivity index (χ1v) is 11.0. The molecule has 9 heteroatoms. The molecule has 0 amide bonds. The molecule has 0 bridgehead atoms. The summed E-state index contributed by atoms with van der Waals surface area (Å²) in [5.74, 6) is 1.49. The largest absolute Gasteiger partial charge is 0.488 e. The van der Waals surface area contributed by atoms with E-state index in [-0.39, 0.29) is 6.10 Å². The fourth-order valence-corrected chi connectivity index (χ4v) is 4.33. The molecule has 9 nitrogen and oxygen atoms in total. The van der Waals surface area contributed by atoms with Crippen LogP contribution < -0.4 is 15.0 Å². The van der Waals surface area contributed by atoms with Crippen molar-refractivity contribution < 1.29 is 9.47 Å². The highest BCUT2D eigenvalue weighted by atomic mass is 16.5. The molecule has 1 saturated heterocycles. The van der Waals surface area contributed by atoms with Crippen molar-refractivity contribution in [3.05, 3.63) is 42.6 Å². The van der Waals surface area contributed by atoms with Crippen molar-refractivity contribution in [3.8, 4) is 11.8 Å². The van der Waals surface area contributed by atoms with Crippen LogP contribution in [0.4, 0.5) is 11.5 Å². The summed E-state index contributed by atoms with van der Waals surface area (Å²) in [6.45, 7) is 3.18. The molecule has 1 saturated carbocycles. The van der Waals surface area contributed by atoms with Crippen LogP contribution in [-0.4, -0.2) is 58.4 Å². The number of benzene rings is 1. The second kappa shape index (κ2) is 9.32. The number of nitrogens with zero attached hydrogens (tertiary/aromatic N) is 6. The third-order valence-corrected chi connectivity index (χ3v) is 6.00. The molecule has 1 aromatic carbocycles. The standard InChI is InChI=1S/C23H25N7O2/c24-14-17-11-22(28-15-27-17)29-16-1-3-19(4-2-16)32-21-13-18(30-7-9-31-10-8-30)12-20-23(21)26-6-5-25-20/h5-6,11-13,15-16,19H,1-4,7-10H2,(H,27,28,29). The predicted octanol–water partition coefficient (Wildman–Crippen LogP) is 2.93. The van der Waals surface area contributed by atoms with Crippen LogP contribution in [-0.2, 0) is 4.74 Å². The highest BCUT2D eigenvalue weighted by Gasteiger charge is 2.24. The number of aromatic nitrogens is 4. The second-order valence-corrected chi connectivity index (χ2v) is 8.10. The molecule has 3 heterocycles. The van der Waals surface area contributed by atoms with Crippen molar-refractivity contribution in [2.75, 3.05) is 36.5 Å². The van der Waals surface area contributed by atoms with Crippen LogP contribution in [0, 0.1) is 11.3 Å². The van der Waals surface area contributed by atoms with Crippen LogP contribution in [0.2, 0.25) is 0 Å². The van der Waals surface area contributed by atoms with Gasteiger partial charge in [0.2, 0.25) is 0 Å². The number of hydrogen-bond acceptors (Lipinski definition) is 9. The molecule has 2 fully saturated rings. The lowest BCUT2D eigenvalue weighted by molar-refractivity contribution is 0.122. The smallest absolute Gasteiger partial charge is 0.149 e. The van der Waals surface area contributed by atoms with Gasteiger partial charge in [-0.05, 0) is 31.7 Å². The molecule has 0 radical (unpaired) electrons. The van der Waals surface area contributed by atoms with Gasteiger partial charge >= 0.3 is 0 Å². The molecule has 1 N–H and O–H groups in total. The van der Waals surface area contributed by atoms with Gasteiger partial charge in [-0.1, -0.05) is 0 Å². The van der Waals surface area contributed by atoms with Gasteiger partial charge in [0.15, 0.2) is 0 Å². The molecular weight excluding hydrogens is 406 g/mol. The van der Waals surface area contributed by atoms with E-state index >= 15 is 0 Å². The minimum atomic E-state index is 0.123. The Morgan fingerprint density at radius 1 is 1.00 bits per heavy atom. The SMILES string of the molecule is N#Cc1cc(NC2CCC(Oc3cc(N4CCOCC4)cc4nccnc34)CC2)ncn1. The molecule has 0 unspecified atom stereocenters. The average molecular weight is 432 g/mol. The number of hydrogen-bond donors (Lipinski definition) is 1. The maximum absolute atomic E-state index is 9.02. The number of nitrogens with one attached hydrogen (secondary N) is 1. The number of morpholine rings is 1. The lowest BCUT2D eigenvalue weighted by atomic mass is 9.93. The van der Waals surface area contributed by atoms with Crippen molar-refractivity contribution in [1.82, 2.24) is 19.9 Å². The number of rotatable bonds is 5. The van der Waals surface area contributed by atoms with Crippen LogP contribution >= 0.6 is 0 Å². The summed E-state index contributed by atoms with van der Waals surface area (Å²) in [4.78, 5) is 19.5. The summed E-state index contributed by atoms with van der Waals surface area (Å²) in [5, 5.41) is 12.4. The summed E-state index contributed by atoms with van der Waals surface area (Å²) < 4.78 is 12.0. The second-order valence-electron chi connectivity index (χ2n) is 8.10. The van der Waals surface area contributed by atoms with Crippen molar-refractivity contribution in [3.63, 3.8) is 0 Å². The third-order valence-electron chi connectivity index (χ3n) is 6.00. The van der Waals surface area contributed by atoms with Gasteiger partial charge in [0.25, 0.3) is 0 Å². The Morgan fingerprint density at radius 3 is 2.62 bits per heavy atom. The number of anilines is 2. The summed E-state index contributed by atoms with van der Waals surface area (Å²) in [6.07, 6.45) is 8.75. The maximum Gasteiger partial charge on any atom is 0.149 e. The first kappa shape index (κ1) is 20.4. The van der Waals surface area contributed by atoms with E-state index in [1.165, 1.54) is 6.33 Å².